The van der Waals surface area contributed by atoms with Crippen LogP contribution in [0.1, 0.15) is 33.9 Å². The number of carbonyl (C=O) groups excluding carboxylic acids is 2. The van der Waals surface area contributed by atoms with Crippen LogP contribution in [0.4, 0.5) is 5.69 Å². The Bertz CT molecular complexity index is 994. The van der Waals surface area contributed by atoms with E-state index in [2.05, 4.69) is 13.0 Å². The van der Waals surface area contributed by atoms with Gasteiger partial charge in [0, 0.05) is 0 Å². The van der Waals surface area contributed by atoms with Crippen LogP contribution in [0.5, 0.6) is 0 Å². The molecule has 3 aromatic rings. The van der Waals surface area contributed by atoms with Gasteiger partial charge in [-0.05, 0) is 45.2 Å². The maximum Gasteiger partial charge on any atom is 0.300 e. The predicted molar refractivity (Wildman–Crippen MR) is 104 cm³/mol. The second-order valence-electron chi connectivity index (χ2n) is 6.68. The summed E-state index contributed by atoms with van der Waals surface area (Å²) in [4.78, 5) is 33.0. The van der Waals surface area contributed by atoms with Crippen molar-refractivity contribution in [3.05, 3.63) is 58.6 Å². The highest BCUT2D eigenvalue weighted by Gasteiger charge is 2.36. The number of para-hydroxylation sites is 1. The lowest BCUT2D eigenvalue weighted by molar-refractivity contribution is -0.114. The molecule has 6 heteroatoms. The highest BCUT2D eigenvalue weighted by molar-refractivity contribution is 7.18. The SMILES string of the molecule is Cc1ccc2c(c1)C(=O)C(=O)N2CN(C)[C@H](C)c1nc2ccccc2s1. The van der Waals surface area contributed by atoms with Crippen LogP contribution in [0.15, 0.2) is 42.5 Å². The van der Waals surface area contributed by atoms with Crippen molar-refractivity contribution < 1.29 is 9.59 Å². The molecule has 1 aromatic heterocycles. The molecule has 2 aromatic carbocycles. The topological polar surface area (TPSA) is 53.5 Å². The largest absolute Gasteiger partial charge is 0.300 e. The second kappa shape index (κ2) is 6.30. The van der Waals surface area contributed by atoms with Crippen molar-refractivity contribution in [3.8, 4) is 0 Å². The number of nitrogens with zero attached hydrogens (tertiary/aromatic N) is 3. The molecule has 0 radical (unpaired) electrons. The molecular formula is C20H19N3O2S. The molecule has 132 valence electrons. The summed E-state index contributed by atoms with van der Waals surface area (Å²) >= 11 is 1.66. The standard InChI is InChI=1S/C20H19N3O2S/c1-12-8-9-16-14(10-12)18(24)20(25)23(16)11-22(3)13(2)19-21-15-6-4-5-7-17(15)26-19/h4-10,13H,11H2,1-3H3/t13-/m1/s1. The third-order valence-electron chi connectivity index (χ3n) is 4.82. The van der Waals surface area contributed by atoms with Crippen molar-refractivity contribution in [3.63, 3.8) is 0 Å². The Balaban J connectivity index is 1.59. The van der Waals surface area contributed by atoms with Gasteiger partial charge in [0.2, 0.25) is 0 Å². The van der Waals surface area contributed by atoms with Crippen LogP contribution in [0.3, 0.4) is 0 Å². The number of aryl methyl sites for hydroxylation is 1. The van der Waals surface area contributed by atoms with E-state index in [0.29, 0.717) is 17.9 Å². The van der Waals surface area contributed by atoms with E-state index in [1.54, 1.807) is 22.3 Å². The van der Waals surface area contributed by atoms with Gasteiger partial charge in [0.15, 0.2) is 0 Å². The third-order valence-corrected chi connectivity index (χ3v) is 6.03. The Morgan fingerprint density at radius 2 is 1.96 bits per heavy atom. The van der Waals surface area contributed by atoms with Crippen molar-refractivity contribution in [1.82, 2.24) is 9.88 Å². The highest BCUT2D eigenvalue weighted by atomic mass is 32.1. The number of Topliss-reactive ketones (excluding diaryl/α,β-unsaturated/α-hetero) is 1. The smallest absolute Gasteiger partial charge is 0.291 e. The van der Waals surface area contributed by atoms with E-state index in [9.17, 15) is 9.59 Å². The van der Waals surface area contributed by atoms with Gasteiger partial charge in [-0.25, -0.2) is 4.98 Å². The fourth-order valence-electron chi connectivity index (χ4n) is 3.16. The van der Waals surface area contributed by atoms with Gasteiger partial charge in [-0.15, -0.1) is 11.3 Å². The van der Waals surface area contributed by atoms with E-state index in [1.807, 2.05) is 49.2 Å². The molecule has 5 nitrogen and oxygen atoms in total. The van der Waals surface area contributed by atoms with E-state index in [-0.39, 0.29) is 6.04 Å². The van der Waals surface area contributed by atoms with Crippen LogP contribution in [0.2, 0.25) is 0 Å². The average Bonchev–Trinajstić information content (AvgIpc) is 3.16. The van der Waals surface area contributed by atoms with Gasteiger partial charge in [-0.1, -0.05) is 23.8 Å². The molecule has 1 amide bonds. The molecule has 0 spiro atoms. The minimum atomic E-state index is -0.464. The van der Waals surface area contributed by atoms with E-state index in [4.69, 9.17) is 4.98 Å². The zero-order valence-electron chi connectivity index (χ0n) is 14.9. The minimum Gasteiger partial charge on any atom is -0.291 e. The van der Waals surface area contributed by atoms with Crippen molar-refractivity contribution in [2.24, 2.45) is 0 Å². The molecule has 0 fully saturated rings. The van der Waals surface area contributed by atoms with Gasteiger partial charge in [0.25, 0.3) is 5.78 Å². The molecule has 0 bridgehead atoms. The number of thiazole rings is 1. The lowest BCUT2D eigenvalue weighted by Crippen LogP contribution is -2.40. The zero-order chi connectivity index (χ0) is 18.4. The first-order valence-corrected chi connectivity index (χ1v) is 9.30. The number of aromatic nitrogens is 1. The molecule has 1 aliphatic rings. The van der Waals surface area contributed by atoms with Gasteiger partial charge < -0.3 is 0 Å². The molecule has 26 heavy (non-hydrogen) atoms. The van der Waals surface area contributed by atoms with Crippen LogP contribution in [-0.4, -0.2) is 35.3 Å². The first-order valence-electron chi connectivity index (χ1n) is 8.48. The predicted octanol–water partition coefficient (Wildman–Crippen LogP) is 3.78. The summed E-state index contributed by atoms with van der Waals surface area (Å²) in [7, 11) is 1.95. The zero-order valence-corrected chi connectivity index (χ0v) is 15.7. The molecule has 4 rings (SSSR count). The summed E-state index contributed by atoms with van der Waals surface area (Å²) in [6.45, 7) is 4.33. The summed E-state index contributed by atoms with van der Waals surface area (Å²) in [6, 6.07) is 13.6. The quantitative estimate of drug-likeness (QED) is 0.660. The van der Waals surface area contributed by atoms with Gasteiger partial charge >= 0.3 is 5.91 Å². The Morgan fingerprint density at radius 3 is 2.73 bits per heavy atom. The molecule has 1 aliphatic heterocycles. The van der Waals surface area contributed by atoms with Crippen molar-refractivity contribution in [1.29, 1.82) is 0 Å². The van der Waals surface area contributed by atoms with Crippen LogP contribution in [0.25, 0.3) is 10.2 Å². The number of carbonyl (C=O) groups is 2. The highest BCUT2D eigenvalue weighted by Crippen LogP contribution is 2.32. The molecule has 0 aliphatic carbocycles. The molecule has 1 atom stereocenters. The normalized spacial score (nSPS) is 15.2. The van der Waals surface area contributed by atoms with E-state index in [1.165, 1.54) is 0 Å². The van der Waals surface area contributed by atoms with E-state index >= 15 is 0 Å². The monoisotopic (exact) mass is 365 g/mol. The maximum atomic E-state index is 12.4. The Morgan fingerprint density at radius 1 is 1.19 bits per heavy atom. The van der Waals surface area contributed by atoms with Crippen LogP contribution < -0.4 is 4.90 Å². The number of anilines is 1. The second-order valence-corrected chi connectivity index (χ2v) is 7.74. The Labute approximate surface area is 155 Å². The molecule has 0 unspecified atom stereocenters. The summed E-state index contributed by atoms with van der Waals surface area (Å²) in [6.07, 6.45) is 0. The van der Waals surface area contributed by atoms with E-state index < -0.39 is 11.7 Å². The maximum absolute atomic E-state index is 12.4. The van der Waals surface area contributed by atoms with Gasteiger partial charge in [-0.3, -0.25) is 19.4 Å². The summed E-state index contributed by atoms with van der Waals surface area (Å²) in [5.41, 5.74) is 3.15. The first-order chi connectivity index (χ1) is 12.5. The fourth-order valence-corrected chi connectivity index (χ4v) is 4.24. The molecule has 2 heterocycles. The summed E-state index contributed by atoms with van der Waals surface area (Å²) < 4.78 is 1.15. The van der Waals surface area contributed by atoms with Gasteiger partial charge in [0.1, 0.15) is 5.01 Å². The molecule has 0 saturated heterocycles. The third kappa shape index (κ3) is 2.71. The fraction of sp³-hybridized carbons (Fsp3) is 0.250. The summed E-state index contributed by atoms with van der Waals surface area (Å²) in [5.74, 6) is -0.890. The molecule has 0 N–H and O–H groups in total. The van der Waals surface area contributed by atoms with Crippen LogP contribution in [-0.2, 0) is 4.79 Å². The lowest BCUT2D eigenvalue weighted by Gasteiger charge is -2.28. The van der Waals surface area contributed by atoms with E-state index in [0.717, 1.165) is 20.8 Å². The minimum absolute atomic E-state index is 0.0322. The average molecular weight is 365 g/mol. The number of benzene rings is 2. The summed E-state index contributed by atoms with van der Waals surface area (Å²) in [5, 5.41) is 0.996. The lowest BCUT2D eigenvalue weighted by atomic mass is 10.1. The molecule has 0 saturated carbocycles. The number of hydrogen-bond acceptors (Lipinski definition) is 5. The van der Waals surface area contributed by atoms with Crippen LogP contribution >= 0.6 is 11.3 Å². The number of rotatable bonds is 4. The van der Waals surface area contributed by atoms with Crippen molar-refractivity contribution >= 4 is 38.9 Å². The first kappa shape index (κ1) is 16.9. The van der Waals surface area contributed by atoms with Gasteiger partial charge in [0.05, 0.1) is 34.2 Å². The number of amides is 1. The number of fused-ring (bicyclic) bond motifs is 2. The molecular weight excluding hydrogens is 346 g/mol. The van der Waals surface area contributed by atoms with Crippen molar-refractivity contribution in [2.45, 2.75) is 19.9 Å². The van der Waals surface area contributed by atoms with Gasteiger partial charge in [-0.2, -0.15) is 0 Å². The van der Waals surface area contributed by atoms with Crippen molar-refractivity contribution in [2.75, 3.05) is 18.6 Å². The number of hydrogen-bond donors (Lipinski definition) is 0. The van der Waals surface area contributed by atoms with Crippen LogP contribution in [0, 0.1) is 6.92 Å². The number of ketones is 1. The Kier molecular flexibility index (Phi) is 4.09. The Hall–Kier alpha value is -2.57.